The van der Waals surface area contributed by atoms with Crippen LogP contribution in [0.1, 0.15) is 11.1 Å². The minimum Gasteiger partial charge on any atom is -0.478 e. The third-order valence-electron chi connectivity index (χ3n) is 2.61. The molecule has 0 radical (unpaired) electrons. The van der Waals surface area contributed by atoms with Crippen molar-refractivity contribution < 1.29 is 19.0 Å². The Kier molecular flexibility index (Phi) is 4.32. The topological polar surface area (TPSA) is 70.3 Å². The number of benzene rings is 2. The monoisotopic (exact) mass is 283 g/mol. The van der Waals surface area contributed by atoms with Gasteiger partial charge in [-0.1, -0.05) is 12.1 Å². The highest BCUT2D eigenvalue weighted by Gasteiger charge is 2.09. The number of carbonyl (C=O) groups is 1. The van der Waals surface area contributed by atoms with Crippen molar-refractivity contribution >= 4 is 12.0 Å². The summed E-state index contributed by atoms with van der Waals surface area (Å²) in [6, 6.07) is 12.4. The first kappa shape index (κ1) is 14.3. The minimum absolute atomic E-state index is 0.0697. The normalized spacial score (nSPS) is 10.3. The van der Waals surface area contributed by atoms with Crippen molar-refractivity contribution in [2.45, 2.75) is 0 Å². The molecule has 0 aliphatic rings. The van der Waals surface area contributed by atoms with Gasteiger partial charge in [-0.05, 0) is 36.4 Å². The van der Waals surface area contributed by atoms with E-state index in [1.54, 1.807) is 18.2 Å². The Hall–Kier alpha value is -3.13. The molecule has 0 saturated carbocycles. The standard InChI is InChI=1S/C16H10FNO3/c17-14-3-1-2-12(6-9-15(19)20)16(14)21-13-7-4-11(10-18)5-8-13/h1-9H,(H,19,20)/b9-6+. The first-order valence-electron chi connectivity index (χ1n) is 5.97. The van der Waals surface area contributed by atoms with Gasteiger partial charge in [-0.2, -0.15) is 5.26 Å². The lowest BCUT2D eigenvalue weighted by atomic mass is 10.1. The second kappa shape index (κ2) is 6.35. The number of hydrogen-bond donors (Lipinski definition) is 1. The molecule has 0 fully saturated rings. The predicted molar refractivity (Wildman–Crippen MR) is 74.3 cm³/mol. The molecule has 0 atom stereocenters. The molecule has 0 spiro atoms. The molecule has 0 aromatic heterocycles. The number of carboxylic acid groups (broad SMARTS) is 1. The molecule has 0 heterocycles. The van der Waals surface area contributed by atoms with Crippen LogP contribution in [-0.2, 0) is 4.79 Å². The number of nitriles is 1. The maximum atomic E-state index is 13.8. The second-order valence-electron chi connectivity index (χ2n) is 4.07. The summed E-state index contributed by atoms with van der Waals surface area (Å²) in [6.07, 6.45) is 2.16. The van der Waals surface area contributed by atoms with E-state index in [1.165, 1.54) is 30.3 Å². The van der Waals surface area contributed by atoms with E-state index in [2.05, 4.69) is 0 Å². The number of para-hydroxylation sites is 1. The summed E-state index contributed by atoms with van der Waals surface area (Å²) in [5.41, 5.74) is 0.767. The molecule has 0 unspecified atom stereocenters. The summed E-state index contributed by atoms with van der Waals surface area (Å²) in [5, 5.41) is 17.3. The van der Waals surface area contributed by atoms with Gasteiger partial charge in [0.1, 0.15) is 5.75 Å². The van der Waals surface area contributed by atoms with Crippen LogP contribution in [0.2, 0.25) is 0 Å². The summed E-state index contributed by atoms with van der Waals surface area (Å²) in [7, 11) is 0. The summed E-state index contributed by atoms with van der Waals surface area (Å²) in [5.74, 6) is -1.46. The first-order chi connectivity index (χ1) is 10.1. The van der Waals surface area contributed by atoms with E-state index < -0.39 is 11.8 Å². The predicted octanol–water partition coefficient (Wildman–Crippen LogP) is 3.59. The van der Waals surface area contributed by atoms with Crippen LogP contribution in [0.4, 0.5) is 4.39 Å². The van der Waals surface area contributed by atoms with Gasteiger partial charge in [0.25, 0.3) is 0 Å². The molecule has 2 aromatic carbocycles. The summed E-state index contributed by atoms with van der Waals surface area (Å²) >= 11 is 0. The minimum atomic E-state index is -1.14. The zero-order valence-corrected chi connectivity index (χ0v) is 10.8. The van der Waals surface area contributed by atoms with E-state index >= 15 is 0 Å². The van der Waals surface area contributed by atoms with Crippen molar-refractivity contribution in [3.05, 3.63) is 65.5 Å². The Labute approximate surface area is 120 Å². The molecule has 4 nitrogen and oxygen atoms in total. The quantitative estimate of drug-likeness (QED) is 0.870. The zero-order valence-electron chi connectivity index (χ0n) is 10.8. The summed E-state index contributed by atoms with van der Waals surface area (Å²) in [6.45, 7) is 0. The highest BCUT2D eigenvalue weighted by Crippen LogP contribution is 2.29. The highest BCUT2D eigenvalue weighted by molar-refractivity contribution is 5.85. The van der Waals surface area contributed by atoms with Gasteiger partial charge in [0.15, 0.2) is 11.6 Å². The maximum absolute atomic E-state index is 13.8. The average molecular weight is 283 g/mol. The van der Waals surface area contributed by atoms with Crippen LogP contribution >= 0.6 is 0 Å². The number of rotatable bonds is 4. The van der Waals surface area contributed by atoms with Crippen LogP contribution in [-0.4, -0.2) is 11.1 Å². The van der Waals surface area contributed by atoms with Gasteiger partial charge in [-0.25, -0.2) is 9.18 Å². The fourth-order valence-electron chi connectivity index (χ4n) is 1.64. The second-order valence-corrected chi connectivity index (χ2v) is 4.07. The summed E-state index contributed by atoms with van der Waals surface area (Å²) < 4.78 is 19.3. The van der Waals surface area contributed by atoms with E-state index in [0.29, 0.717) is 16.9 Å². The Balaban J connectivity index is 2.34. The highest BCUT2D eigenvalue weighted by atomic mass is 19.1. The molecule has 0 aliphatic heterocycles. The number of nitrogens with zero attached hydrogens (tertiary/aromatic N) is 1. The van der Waals surface area contributed by atoms with Crippen molar-refractivity contribution in [1.82, 2.24) is 0 Å². The molecule has 0 bridgehead atoms. The molecule has 104 valence electrons. The van der Waals surface area contributed by atoms with Crippen molar-refractivity contribution in [3.8, 4) is 17.6 Å². The molecule has 2 aromatic rings. The van der Waals surface area contributed by atoms with Crippen LogP contribution in [0.25, 0.3) is 6.08 Å². The van der Waals surface area contributed by atoms with E-state index in [9.17, 15) is 9.18 Å². The van der Waals surface area contributed by atoms with E-state index in [0.717, 1.165) is 6.08 Å². The lowest BCUT2D eigenvalue weighted by Crippen LogP contribution is -1.93. The molecular formula is C16H10FNO3. The van der Waals surface area contributed by atoms with Gasteiger partial charge in [0.2, 0.25) is 0 Å². The van der Waals surface area contributed by atoms with Gasteiger partial charge < -0.3 is 9.84 Å². The van der Waals surface area contributed by atoms with Crippen LogP contribution < -0.4 is 4.74 Å². The largest absolute Gasteiger partial charge is 0.478 e. The molecule has 1 N–H and O–H groups in total. The van der Waals surface area contributed by atoms with Gasteiger partial charge >= 0.3 is 5.97 Å². The smallest absolute Gasteiger partial charge is 0.328 e. The summed E-state index contributed by atoms with van der Waals surface area (Å²) in [4.78, 5) is 10.5. The van der Waals surface area contributed by atoms with E-state index in [1.807, 2.05) is 6.07 Å². The number of halogens is 1. The molecule has 21 heavy (non-hydrogen) atoms. The molecule has 5 heteroatoms. The van der Waals surface area contributed by atoms with Gasteiger partial charge in [0, 0.05) is 11.6 Å². The zero-order chi connectivity index (χ0) is 15.2. The van der Waals surface area contributed by atoms with Crippen molar-refractivity contribution in [2.75, 3.05) is 0 Å². The SMILES string of the molecule is N#Cc1ccc(Oc2c(F)cccc2/C=C/C(=O)O)cc1. The lowest BCUT2D eigenvalue weighted by Gasteiger charge is -2.09. The Morgan fingerprint density at radius 3 is 2.57 bits per heavy atom. The van der Waals surface area contributed by atoms with Crippen molar-refractivity contribution in [3.63, 3.8) is 0 Å². The number of carboxylic acids is 1. The van der Waals surface area contributed by atoms with Crippen LogP contribution in [0.5, 0.6) is 11.5 Å². The van der Waals surface area contributed by atoms with Crippen LogP contribution in [0.15, 0.2) is 48.5 Å². The van der Waals surface area contributed by atoms with Gasteiger partial charge in [-0.3, -0.25) is 0 Å². The first-order valence-corrected chi connectivity index (χ1v) is 5.97. The number of aliphatic carboxylic acids is 1. The van der Waals surface area contributed by atoms with E-state index in [-0.39, 0.29) is 5.75 Å². The fraction of sp³-hybridized carbons (Fsp3) is 0. The van der Waals surface area contributed by atoms with Gasteiger partial charge in [0.05, 0.1) is 11.6 Å². The van der Waals surface area contributed by atoms with Crippen molar-refractivity contribution in [1.29, 1.82) is 5.26 Å². The third kappa shape index (κ3) is 3.67. The molecule has 0 saturated heterocycles. The van der Waals surface area contributed by atoms with Crippen molar-refractivity contribution in [2.24, 2.45) is 0 Å². The number of ether oxygens (including phenoxy) is 1. The maximum Gasteiger partial charge on any atom is 0.328 e. The van der Waals surface area contributed by atoms with Gasteiger partial charge in [-0.15, -0.1) is 0 Å². The van der Waals surface area contributed by atoms with Crippen LogP contribution in [0.3, 0.4) is 0 Å². The third-order valence-corrected chi connectivity index (χ3v) is 2.61. The molecule has 2 rings (SSSR count). The molecular weight excluding hydrogens is 273 g/mol. The average Bonchev–Trinajstić information content (AvgIpc) is 2.48. The lowest BCUT2D eigenvalue weighted by molar-refractivity contribution is -0.131. The molecule has 0 amide bonds. The molecule has 0 aliphatic carbocycles. The fourth-order valence-corrected chi connectivity index (χ4v) is 1.64. The van der Waals surface area contributed by atoms with E-state index in [4.69, 9.17) is 15.1 Å². The van der Waals surface area contributed by atoms with Crippen LogP contribution in [0, 0.1) is 17.1 Å². The Bertz CT molecular complexity index is 730. The Morgan fingerprint density at radius 1 is 1.24 bits per heavy atom. The number of hydrogen-bond acceptors (Lipinski definition) is 3. The Morgan fingerprint density at radius 2 is 1.95 bits per heavy atom.